The molecule has 0 atom stereocenters. The summed E-state index contributed by atoms with van der Waals surface area (Å²) in [5.41, 5.74) is 1.91. The Balaban J connectivity index is 1.45. The summed E-state index contributed by atoms with van der Waals surface area (Å²) in [5, 5.41) is 3.38. The third kappa shape index (κ3) is 3.83. The van der Waals surface area contributed by atoms with Crippen LogP contribution < -0.4 is 10.2 Å². The minimum absolute atomic E-state index is 0.0209. The molecule has 2 fully saturated rings. The molecule has 5 rings (SSSR count). The minimum Gasteiger partial charge on any atom is -0.307 e. The lowest BCUT2D eigenvalue weighted by molar-refractivity contribution is -0.138. The van der Waals surface area contributed by atoms with Crippen LogP contribution in [0.2, 0.25) is 0 Å². The fourth-order valence-electron chi connectivity index (χ4n) is 5.35. The highest BCUT2D eigenvalue weighted by molar-refractivity contribution is 6.10. The molecule has 1 aliphatic heterocycles. The van der Waals surface area contributed by atoms with Crippen molar-refractivity contribution in [2.45, 2.75) is 76.7 Å². The van der Waals surface area contributed by atoms with Crippen LogP contribution in [-0.4, -0.2) is 11.4 Å². The van der Waals surface area contributed by atoms with E-state index in [-0.39, 0.29) is 29.1 Å². The van der Waals surface area contributed by atoms with E-state index in [0.29, 0.717) is 29.6 Å². The van der Waals surface area contributed by atoms with Gasteiger partial charge in [-0.3, -0.25) is 4.79 Å². The van der Waals surface area contributed by atoms with E-state index < -0.39 is 11.7 Å². The molecule has 0 saturated heterocycles. The van der Waals surface area contributed by atoms with Gasteiger partial charge >= 0.3 is 6.18 Å². The number of nitrogens with one attached hydrogen (secondary N) is 1. The summed E-state index contributed by atoms with van der Waals surface area (Å²) in [6.07, 6.45) is 0.907. The monoisotopic (exact) mass is 442 g/mol. The van der Waals surface area contributed by atoms with E-state index >= 15 is 0 Å². The molecule has 0 aromatic heterocycles. The number of hydrogen-bond donors (Lipinski definition) is 1. The number of fused-ring (bicyclic) bond motifs is 1. The van der Waals surface area contributed by atoms with Crippen LogP contribution in [0.4, 0.5) is 18.9 Å². The number of halogens is 3. The van der Waals surface area contributed by atoms with Gasteiger partial charge in [0.1, 0.15) is 0 Å². The number of nitrogens with zero attached hydrogens (tertiary/aromatic N) is 1. The summed E-state index contributed by atoms with van der Waals surface area (Å²) >= 11 is 0. The number of alkyl halides is 3. The van der Waals surface area contributed by atoms with E-state index in [1.807, 2.05) is 18.2 Å². The second-order valence-corrected chi connectivity index (χ2v) is 10.2. The zero-order chi connectivity index (χ0) is 22.7. The molecule has 3 nitrogen and oxygen atoms in total. The summed E-state index contributed by atoms with van der Waals surface area (Å²) in [5.74, 6) is 0.826. The number of benzene rings is 2. The highest BCUT2D eigenvalue weighted by Gasteiger charge is 2.41. The second kappa shape index (κ2) is 7.62. The van der Waals surface area contributed by atoms with Crippen molar-refractivity contribution >= 4 is 11.6 Å². The summed E-state index contributed by atoms with van der Waals surface area (Å²) in [4.78, 5) is 14.7. The first-order valence-electron chi connectivity index (χ1n) is 11.5. The average molecular weight is 443 g/mol. The molecule has 1 N–H and O–H groups in total. The largest absolute Gasteiger partial charge is 0.416 e. The molecule has 2 aliphatic carbocycles. The summed E-state index contributed by atoms with van der Waals surface area (Å²) in [7, 11) is 0. The van der Waals surface area contributed by atoms with Gasteiger partial charge in [0.15, 0.2) is 0 Å². The lowest BCUT2D eigenvalue weighted by Crippen LogP contribution is -2.47. The van der Waals surface area contributed by atoms with Crippen molar-refractivity contribution in [2.24, 2.45) is 5.92 Å². The molecule has 0 unspecified atom stereocenters. The van der Waals surface area contributed by atoms with Crippen molar-refractivity contribution in [1.29, 1.82) is 0 Å². The Morgan fingerprint density at radius 3 is 2.53 bits per heavy atom. The predicted octanol–water partition coefficient (Wildman–Crippen LogP) is 6.41. The lowest BCUT2D eigenvalue weighted by Gasteiger charge is -2.39. The highest BCUT2D eigenvalue weighted by Crippen LogP contribution is 2.43. The SMILES string of the molecule is CC1(NCc2cc3c(c(C(F)(F)F)c2)CN(c2cccc([C@H]4C[C@H](C)C4)c2)C3=O)CCC1. The maximum absolute atomic E-state index is 13.9. The molecule has 2 aromatic rings. The fourth-order valence-corrected chi connectivity index (χ4v) is 5.35. The van der Waals surface area contributed by atoms with Crippen LogP contribution in [0.1, 0.15) is 84.5 Å². The van der Waals surface area contributed by atoms with Crippen molar-refractivity contribution in [3.8, 4) is 0 Å². The quantitative estimate of drug-likeness (QED) is 0.580. The topological polar surface area (TPSA) is 32.3 Å². The number of anilines is 1. The first-order valence-corrected chi connectivity index (χ1v) is 11.5. The molecule has 0 radical (unpaired) electrons. The van der Waals surface area contributed by atoms with Crippen LogP contribution >= 0.6 is 0 Å². The van der Waals surface area contributed by atoms with Crippen molar-refractivity contribution in [3.05, 3.63) is 64.2 Å². The first kappa shape index (κ1) is 21.5. The number of carbonyl (C=O) groups is 1. The number of amides is 1. The van der Waals surface area contributed by atoms with Gasteiger partial charge in [0.25, 0.3) is 5.91 Å². The molecule has 0 bridgehead atoms. The average Bonchev–Trinajstić information content (AvgIpc) is 3.04. The van der Waals surface area contributed by atoms with Crippen molar-refractivity contribution in [2.75, 3.05) is 4.90 Å². The van der Waals surface area contributed by atoms with Gasteiger partial charge in [-0.25, -0.2) is 0 Å². The van der Waals surface area contributed by atoms with E-state index in [1.165, 1.54) is 16.5 Å². The zero-order valence-corrected chi connectivity index (χ0v) is 18.6. The van der Waals surface area contributed by atoms with Gasteiger partial charge in [-0.2, -0.15) is 13.2 Å². The fraction of sp³-hybridized carbons (Fsp3) is 0.500. The maximum Gasteiger partial charge on any atom is 0.416 e. The number of hydrogen-bond acceptors (Lipinski definition) is 2. The lowest BCUT2D eigenvalue weighted by atomic mass is 9.72. The van der Waals surface area contributed by atoms with Gasteiger partial charge in [0.2, 0.25) is 0 Å². The van der Waals surface area contributed by atoms with Gasteiger partial charge in [0.05, 0.1) is 12.1 Å². The molecule has 6 heteroatoms. The Morgan fingerprint density at radius 1 is 1.16 bits per heavy atom. The maximum atomic E-state index is 13.9. The van der Waals surface area contributed by atoms with Crippen LogP contribution in [0, 0.1) is 5.92 Å². The third-order valence-electron chi connectivity index (χ3n) is 7.61. The smallest absolute Gasteiger partial charge is 0.307 e. The Hall–Kier alpha value is -2.34. The molecule has 170 valence electrons. The minimum atomic E-state index is -4.50. The summed E-state index contributed by atoms with van der Waals surface area (Å²) < 4.78 is 41.8. The van der Waals surface area contributed by atoms with E-state index in [2.05, 4.69) is 25.2 Å². The van der Waals surface area contributed by atoms with E-state index in [4.69, 9.17) is 0 Å². The number of carbonyl (C=O) groups excluding carboxylic acids is 1. The molecule has 2 aromatic carbocycles. The Labute approximate surface area is 187 Å². The van der Waals surface area contributed by atoms with Gasteiger partial charge in [-0.1, -0.05) is 19.1 Å². The molecular formula is C26H29F3N2O. The predicted molar refractivity (Wildman–Crippen MR) is 119 cm³/mol. The molecule has 32 heavy (non-hydrogen) atoms. The van der Waals surface area contributed by atoms with Gasteiger partial charge < -0.3 is 10.2 Å². The Morgan fingerprint density at radius 2 is 1.91 bits per heavy atom. The Bertz CT molecular complexity index is 1050. The molecular weight excluding hydrogens is 413 g/mol. The van der Waals surface area contributed by atoms with E-state index in [1.54, 1.807) is 6.07 Å². The molecule has 1 heterocycles. The molecule has 3 aliphatic rings. The van der Waals surface area contributed by atoms with Crippen LogP contribution in [-0.2, 0) is 19.3 Å². The van der Waals surface area contributed by atoms with Gasteiger partial charge in [0, 0.05) is 23.3 Å². The van der Waals surface area contributed by atoms with Crippen LogP contribution in [0.25, 0.3) is 0 Å². The highest BCUT2D eigenvalue weighted by atomic mass is 19.4. The molecule has 1 amide bonds. The number of rotatable bonds is 5. The van der Waals surface area contributed by atoms with Crippen LogP contribution in [0.5, 0.6) is 0 Å². The normalized spacial score (nSPS) is 24.2. The van der Waals surface area contributed by atoms with Crippen LogP contribution in [0.3, 0.4) is 0 Å². The summed E-state index contributed by atoms with van der Waals surface area (Å²) in [6.45, 7) is 4.60. The van der Waals surface area contributed by atoms with Crippen LogP contribution in [0.15, 0.2) is 36.4 Å². The third-order valence-corrected chi connectivity index (χ3v) is 7.61. The van der Waals surface area contributed by atoms with Crippen molar-refractivity contribution < 1.29 is 18.0 Å². The van der Waals surface area contributed by atoms with E-state index in [9.17, 15) is 18.0 Å². The Kier molecular flexibility index (Phi) is 5.12. The van der Waals surface area contributed by atoms with Gasteiger partial charge in [-0.05, 0) is 91.8 Å². The zero-order valence-electron chi connectivity index (χ0n) is 18.6. The molecule has 0 spiro atoms. The summed E-state index contributed by atoms with van der Waals surface area (Å²) in [6, 6.07) is 10.6. The molecule has 2 saturated carbocycles. The van der Waals surface area contributed by atoms with E-state index in [0.717, 1.165) is 32.1 Å². The van der Waals surface area contributed by atoms with Crippen molar-refractivity contribution in [1.82, 2.24) is 5.32 Å². The van der Waals surface area contributed by atoms with Crippen molar-refractivity contribution in [3.63, 3.8) is 0 Å². The van der Waals surface area contributed by atoms with Gasteiger partial charge in [-0.15, -0.1) is 0 Å². The standard InChI is InChI=1S/C26H29F3N2O/c1-16-9-19(10-16)18-5-3-6-20(13-18)31-15-22-21(24(31)32)11-17(12-23(22)26(27,28)29)14-30-25(2)7-4-8-25/h3,5-6,11-13,16,19,30H,4,7-10,14-15H2,1-2H3/t16-,19-. The first-order chi connectivity index (χ1) is 15.1. The second-order valence-electron chi connectivity index (χ2n) is 10.2.